The molecule has 2 aromatic rings. The SMILES string of the molecule is O[C@@H]1C[C@@H](c2cc(F)ccc2F)N(c2cnccn2)C1. The second-order valence-electron chi connectivity index (χ2n) is 4.79. The number of aromatic nitrogens is 2. The van der Waals surface area contributed by atoms with Gasteiger partial charge in [-0.3, -0.25) is 4.98 Å². The van der Waals surface area contributed by atoms with Crippen LogP contribution in [0.1, 0.15) is 18.0 Å². The second kappa shape index (κ2) is 5.13. The maximum Gasteiger partial charge on any atom is 0.147 e. The van der Waals surface area contributed by atoms with Crippen molar-refractivity contribution in [2.75, 3.05) is 11.4 Å². The van der Waals surface area contributed by atoms with Gasteiger partial charge in [-0.05, 0) is 24.6 Å². The molecular formula is C14H13F2N3O. The number of anilines is 1. The molecule has 0 bridgehead atoms. The van der Waals surface area contributed by atoms with Gasteiger partial charge < -0.3 is 10.0 Å². The molecule has 1 saturated heterocycles. The molecule has 3 rings (SSSR count). The summed E-state index contributed by atoms with van der Waals surface area (Å²) in [7, 11) is 0. The number of hydrogen-bond donors (Lipinski definition) is 1. The lowest BCUT2D eigenvalue weighted by atomic mass is 10.0. The average Bonchev–Trinajstić information content (AvgIpc) is 2.84. The zero-order valence-electron chi connectivity index (χ0n) is 10.6. The van der Waals surface area contributed by atoms with Crippen LogP contribution in [0.3, 0.4) is 0 Å². The van der Waals surface area contributed by atoms with Crippen LogP contribution in [0.2, 0.25) is 0 Å². The Morgan fingerprint density at radius 2 is 2.10 bits per heavy atom. The van der Waals surface area contributed by atoms with E-state index in [1.807, 2.05) is 0 Å². The molecule has 1 aromatic heterocycles. The highest BCUT2D eigenvalue weighted by molar-refractivity contribution is 5.43. The minimum Gasteiger partial charge on any atom is -0.391 e. The third-order valence-corrected chi connectivity index (χ3v) is 3.44. The predicted octanol–water partition coefficient (Wildman–Crippen LogP) is 2.07. The molecule has 1 fully saturated rings. The summed E-state index contributed by atoms with van der Waals surface area (Å²) in [5.74, 6) is -0.445. The molecule has 1 aromatic carbocycles. The summed E-state index contributed by atoms with van der Waals surface area (Å²) in [6.07, 6.45) is 4.33. The zero-order chi connectivity index (χ0) is 14.1. The highest BCUT2D eigenvalue weighted by Crippen LogP contribution is 2.36. The summed E-state index contributed by atoms with van der Waals surface area (Å²) < 4.78 is 27.3. The summed E-state index contributed by atoms with van der Waals surface area (Å²) in [5, 5.41) is 9.85. The fourth-order valence-corrected chi connectivity index (χ4v) is 2.57. The van der Waals surface area contributed by atoms with E-state index in [4.69, 9.17) is 0 Å². The first-order chi connectivity index (χ1) is 9.65. The summed E-state index contributed by atoms with van der Waals surface area (Å²) in [6.45, 7) is 0.319. The Bertz CT molecular complexity index is 609. The largest absolute Gasteiger partial charge is 0.391 e. The van der Waals surface area contributed by atoms with Crippen LogP contribution in [-0.2, 0) is 0 Å². The van der Waals surface area contributed by atoms with E-state index in [1.54, 1.807) is 11.1 Å². The van der Waals surface area contributed by atoms with Crippen molar-refractivity contribution in [3.8, 4) is 0 Å². The number of halogens is 2. The van der Waals surface area contributed by atoms with Gasteiger partial charge in [0.2, 0.25) is 0 Å². The third-order valence-electron chi connectivity index (χ3n) is 3.44. The Balaban J connectivity index is 2.00. The van der Waals surface area contributed by atoms with Crippen LogP contribution >= 0.6 is 0 Å². The van der Waals surface area contributed by atoms with Crippen molar-refractivity contribution in [1.82, 2.24) is 9.97 Å². The van der Waals surface area contributed by atoms with Crippen molar-refractivity contribution < 1.29 is 13.9 Å². The van der Waals surface area contributed by atoms with E-state index in [-0.39, 0.29) is 5.56 Å². The normalized spacial score (nSPS) is 22.2. The molecule has 0 spiro atoms. The van der Waals surface area contributed by atoms with E-state index < -0.39 is 23.8 Å². The lowest BCUT2D eigenvalue weighted by Gasteiger charge is -2.25. The van der Waals surface area contributed by atoms with E-state index >= 15 is 0 Å². The lowest BCUT2D eigenvalue weighted by molar-refractivity contribution is 0.194. The molecule has 1 aliphatic heterocycles. The molecule has 4 nitrogen and oxygen atoms in total. The summed E-state index contributed by atoms with van der Waals surface area (Å²) in [6, 6.07) is 2.90. The Hall–Kier alpha value is -2.08. The molecule has 0 saturated carbocycles. The second-order valence-corrected chi connectivity index (χ2v) is 4.79. The van der Waals surface area contributed by atoms with Crippen molar-refractivity contribution in [2.24, 2.45) is 0 Å². The summed E-state index contributed by atoms with van der Waals surface area (Å²) in [4.78, 5) is 9.87. The number of nitrogens with zero attached hydrogens (tertiary/aromatic N) is 3. The average molecular weight is 277 g/mol. The number of hydrogen-bond acceptors (Lipinski definition) is 4. The van der Waals surface area contributed by atoms with E-state index in [0.29, 0.717) is 18.8 Å². The zero-order valence-corrected chi connectivity index (χ0v) is 10.6. The first-order valence-electron chi connectivity index (χ1n) is 6.31. The van der Waals surface area contributed by atoms with Crippen molar-refractivity contribution >= 4 is 5.82 Å². The molecular weight excluding hydrogens is 264 g/mol. The molecule has 0 amide bonds. The summed E-state index contributed by atoms with van der Waals surface area (Å²) >= 11 is 0. The third kappa shape index (κ3) is 2.34. The molecule has 6 heteroatoms. The number of aliphatic hydroxyl groups is 1. The Labute approximate surface area is 114 Å². The molecule has 1 N–H and O–H groups in total. The number of benzene rings is 1. The molecule has 20 heavy (non-hydrogen) atoms. The van der Waals surface area contributed by atoms with Crippen LogP contribution in [0.5, 0.6) is 0 Å². The van der Waals surface area contributed by atoms with Gasteiger partial charge >= 0.3 is 0 Å². The van der Waals surface area contributed by atoms with Crippen LogP contribution in [-0.4, -0.2) is 27.7 Å². The first kappa shape index (κ1) is 12.9. The van der Waals surface area contributed by atoms with Crippen molar-refractivity contribution in [3.05, 3.63) is 54.0 Å². The lowest BCUT2D eigenvalue weighted by Crippen LogP contribution is -2.25. The van der Waals surface area contributed by atoms with Gasteiger partial charge in [-0.25, -0.2) is 13.8 Å². The van der Waals surface area contributed by atoms with Gasteiger partial charge in [-0.15, -0.1) is 0 Å². The maximum atomic E-state index is 13.9. The van der Waals surface area contributed by atoms with Crippen LogP contribution < -0.4 is 4.90 Å². The summed E-state index contributed by atoms with van der Waals surface area (Å²) in [5.41, 5.74) is 0.229. The predicted molar refractivity (Wildman–Crippen MR) is 69.1 cm³/mol. The minimum atomic E-state index is -0.607. The molecule has 2 heterocycles. The van der Waals surface area contributed by atoms with Crippen LogP contribution in [0.25, 0.3) is 0 Å². The van der Waals surface area contributed by atoms with Crippen molar-refractivity contribution in [3.63, 3.8) is 0 Å². The molecule has 0 unspecified atom stereocenters. The van der Waals surface area contributed by atoms with Gasteiger partial charge in [-0.2, -0.15) is 0 Å². The topological polar surface area (TPSA) is 49.2 Å². The van der Waals surface area contributed by atoms with Crippen LogP contribution in [0, 0.1) is 11.6 Å². The van der Waals surface area contributed by atoms with Gasteiger partial charge in [0.15, 0.2) is 0 Å². The van der Waals surface area contributed by atoms with E-state index in [1.165, 1.54) is 18.5 Å². The Kier molecular flexibility index (Phi) is 3.31. The smallest absolute Gasteiger partial charge is 0.147 e. The highest BCUT2D eigenvalue weighted by atomic mass is 19.1. The molecule has 104 valence electrons. The first-order valence-corrected chi connectivity index (χ1v) is 6.31. The Morgan fingerprint density at radius 1 is 1.25 bits per heavy atom. The van der Waals surface area contributed by atoms with Crippen LogP contribution in [0.15, 0.2) is 36.8 Å². The maximum absolute atomic E-state index is 13.9. The number of rotatable bonds is 2. The Morgan fingerprint density at radius 3 is 2.85 bits per heavy atom. The fourth-order valence-electron chi connectivity index (χ4n) is 2.57. The molecule has 0 radical (unpaired) electrons. The molecule has 2 atom stereocenters. The van der Waals surface area contributed by atoms with Crippen molar-refractivity contribution in [1.29, 1.82) is 0 Å². The van der Waals surface area contributed by atoms with Gasteiger partial charge in [0.1, 0.15) is 17.5 Å². The number of aliphatic hydroxyl groups excluding tert-OH is 1. The standard InChI is InChI=1S/C14H13F2N3O/c15-9-1-2-12(16)11(5-9)13-6-10(20)8-19(13)14-7-17-3-4-18-14/h1-5,7,10,13,20H,6,8H2/t10-,13+/m1/s1. The van der Waals surface area contributed by atoms with Gasteiger partial charge in [-0.1, -0.05) is 0 Å². The van der Waals surface area contributed by atoms with E-state index in [9.17, 15) is 13.9 Å². The minimum absolute atomic E-state index is 0.229. The fraction of sp³-hybridized carbons (Fsp3) is 0.286. The van der Waals surface area contributed by atoms with Crippen LogP contribution in [0.4, 0.5) is 14.6 Å². The molecule has 0 aliphatic carbocycles. The molecule has 1 aliphatic rings. The van der Waals surface area contributed by atoms with Gasteiger partial charge in [0.05, 0.1) is 18.3 Å². The van der Waals surface area contributed by atoms with Gasteiger partial charge in [0.25, 0.3) is 0 Å². The van der Waals surface area contributed by atoms with E-state index in [0.717, 1.165) is 12.1 Å². The van der Waals surface area contributed by atoms with Crippen molar-refractivity contribution in [2.45, 2.75) is 18.6 Å². The number of β-amino-alcohol motifs (C(OH)–C–C–N with tert-alkyl or cyclic N) is 1. The quantitative estimate of drug-likeness (QED) is 0.913. The van der Waals surface area contributed by atoms with Gasteiger partial charge in [0, 0.05) is 24.5 Å². The monoisotopic (exact) mass is 277 g/mol. The van der Waals surface area contributed by atoms with E-state index in [2.05, 4.69) is 9.97 Å². The highest BCUT2D eigenvalue weighted by Gasteiger charge is 2.34.